The number of para-hydroxylation sites is 1. The predicted octanol–water partition coefficient (Wildman–Crippen LogP) is 2.55. The highest BCUT2D eigenvalue weighted by Crippen LogP contribution is 2.16. The molecule has 136 valence electrons. The van der Waals surface area contributed by atoms with Gasteiger partial charge in [0.2, 0.25) is 0 Å². The van der Waals surface area contributed by atoms with Gasteiger partial charge >= 0.3 is 17.8 Å². The minimum absolute atomic E-state index is 0.208. The Kier molecular flexibility index (Phi) is 7.36. The molecule has 0 aliphatic rings. The van der Waals surface area contributed by atoms with E-state index in [9.17, 15) is 14.4 Å². The molecule has 2 rings (SSSR count). The van der Waals surface area contributed by atoms with Crippen molar-refractivity contribution in [2.45, 2.75) is 19.8 Å². The zero-order valence-electron chi connectivity index (χ0n) is 14.7. The van der Waals surface area contributed by atoms with Gasteiger partial charge in [0.05, 0.1) is 17.9 Å². The number of esters is 1. The topological polar surface area (TPSA) is 84.5 Å². The molecule has 2 amide bonds. The average Bonchev–Trinajstić information content (AvgIpc) is 2.66. The quantitative estimate of drug-likeness (QED) is 0.455. The largest absolute Gasteiger partial charge is 0.462 e. The summed E-state index contributed by atoms with van der Waals surface area (Å²) in [6, 6.07) is 16.3. The second-order valence-corrected chi connectivity index (χ2v) is 5.57. The number of rotatable bonds is 7. The van der Waals surface area contributed by atoms with Gasteiger partial charge in [0.1, 0.15) is 0 Å². The van der Waals surface area contributed by atoms with E-state index in [2.05, 4.69) is 10.6 Å². The molecule has 0 heterocycles. The molecule has 0 fully saturated rings. The standard InChI is InChI=1S/C20H22N2O4/c1-2-26-20(25)16-12-6-7-13-17(16)22-19(24)18(23)21-14-8-11-15-9-4-3-5-10-15/h3-7,9-10,12-13H,2,8,11,14H2,1H3,(H,21,23)(H,22,24). The Labute approximate surface area is 152 Å². The van der Waals surface area contributed by atoms with Gasteiger partial charge in [0.15, 0.2) is 0 Å². The fraction of sp³-hybridized carbons (Fsp3) is 0.250. The molecule has 2 aromatic rings. The molecule has 0 radical (unpaired) electrons. The number of benzene rings is 2. The lowest BCUT2D eigenvalue weighted by Crippen LogP contribution is -2.36. The SMILES string of the molecule is CCOC(=O)c1ccccc1NC(=O)C(=O)NCCCc1ccccc1. The fourth-order valence-corrected chi connectivity index (χ4v) is 2.38. The summed E-state index contributed by atoms with van der Waals surface area (Å²) in [6.07, 6.45) is 1.54. The second kappa shape index (κ2) is 9.98. The number of hydrogen-bond acceptors (Lipinski definition) is 4. The van der Waals surface area contributed by atoms with Crippen LogP contribution in [0.2, 0.25) is 0 Å². The number of ether oxygens (including phenoxy) is 1. The molecule has 0 bridgehead atoms. The first-order valence-electron chi connectivity index (χ1n) is 8.51. The van der Waals surface area contributed by atoms with Crippen molar-refractivity contribution < 1.29 is 19.1 Å². The van der Waals surface area contributed by atoms with Crippen LogP contribution in [0.4, 0.5) is 5.69 Å². The third kappa shape index (κ3) is 5.73. The smallest absolute Gasteiger partial charge is 0.340 e. The van der Waals surface area contributed by atoms with Crippen LogP contribution in [-0.4, -0.2) is 30.9 Å². The summed E-state index contributed by atoms with van der Waals surface area (Å²) in [4.78, 5) is 35.8. The van der Waals surface area contributed by atoms with Crippen molar-refractivity contribution in [1.82, 2.24) is 5.32 Å². The third-order valence-corrected chi connectivity index (χ3v) is 3.65. The van der Waals surface area contributed by atoms with E-state index in [1.165, 1.54) is 11.6 Å². The first-order chi connectivity index (χ1) is 12.6. The van der Waals surface area contributed by atoms with Crippen LogP contribution < -0.4 is 10.6 Å². The van der Waals surface area contributed by atoms with E-state index in [1.807, 2.05) is 30.3 Å². The molecule has 0 aliphatic heterocycles. The van der Waals surface area contributed by atoms with Crippen LogP contribution in [0, 0.1) is 0 Å². The number of amides is 2. The molecule has 6 nitrogen and oxygen atoms in total. The van der Waals surface area contributed by atoms with Crippen molar-refractivity contribution in [2.75, 3.05) is 18.5 Å². The van der Waals surface area contributed by atoms with Gasteiger partial charge in [-0.05, 0) is 37.5 Å². The summed E-state index contributed by atoms with van der Waals surface area (Å²) in [5.41, 5.74) is 1.63. The summed E-state index contributed by atoms with van der Waals surface area (Å²) in [5, 5.41) is 5.04. The minimum Gasteiger partial charge on any atom is -0.462 e. The normalized spacial score (nSPS) is 10.0. The van der Waals surface area contributed by atoms with Crippen LogP contribution >= 0.6 is 0 Å². The summed E-state index contributed by atoms with van der Waals surface area (Å²) < 4.78 is 4.94. The van der Waals surface area contributed by atoms with Crippen molar-refractivity contribution in [3.63, 3.8) is 0 Å². The summed E-state index contributed by atoms with van der Waals surface area (Å²) in [7, 11) is 0. The molecule has 26 heavy (non-hydrogen) atoms. The maximum Gasteiger partial charge on any atom is 0.340 e. The Morgan fingerprint density at radius 1 is 0.923 bits per heavy atom. The Balaban J connectivity index is 1.83. The molecule has 0 unspecified atom stereocenters. The van der Waals surface area contributed by atoms with E-state index in [4.69, 9.17) is 4.74 Å². The number of carbonyl (C=O) groups excluding carboxylic acids is 3. The van der Waals surface area contributed by atoms with E-state index in [1.54, 1.807) is 25.1 Å². The van der Waals surface area contributed by atoms with Gasteiger partial charge in [-0.1, -0.05) is 42.5 Å². The van der Waals surface area contributed by atoms with E-state index in [0.717, 1.165) is 12.8 Å². The van der Waals surface area contributed by atoms with Gasteiger partial charge in [-0.3, -0.25) is 9.59 Å². The number of nitrogens with one attached hydrogen (secondary N) is 2. The lowest BCUT2D eigenvalue weighted by Gasteiger charge is -2.10. The number of aryl methyl sites for hydroxylation is 1. The highest BCUT2D eigenvalue weighted by Gasteiger charge is 2.18. The number of carbonyl (C=O) groups is 3. The monoisotopic (exact) mass is 354 g/mol. The van der Waals surface area contributed by atoms with Crippen LogP contribution in [0.3, 0.4) is 0 Å². The van der Waals surface area contributed by atoms with Crippen LogP contribution in [0.1, 0.15) is 29.3 Å². The molecule has 0 aliphatic carbocycles. The van der Waals surface area contributed by atoms with Gasteiger partial charge in [-0.2, -0.15) is 0 Å². The third-order valence-electron chi connectivity index (χ3n) is 3.65. The maximum absolute atomic E-state index is 12.0. The molecule has 6 heteroatoms. The molecular weight excluding hydrogens is 332 g/mol. The Bertz CT molecular complexity index is 759. The molecule has 0 saturated carbocycles. The Morgan fingerprint density at radius 2 is 1.62 bits per heavy atom. The van der Waals surface area contributed by atoms with Gasteiger partial charge in [-0.15, -0.1) is 0 Å². The summed E-state index contributed by atoms with van der Waals surface area (Å²) >= 11 is 0. The maximum atomic E-state index is 12.0. The lowest BCUT2D eigenvalue weighted by molar-refractivity contribution is -0.136. The van der Waals surface area contributed by atoms with Crippen molar-refractivity contribution in [3.8, 4) is 0 Å². The second-order valence-electron chi connectivity index (χ2n) is 5.57. The van der Waals surface area contributed by atoms with Crippen LogP contribution in [0.25, 0.3) is 0 Å². The Morgan fingerprint density at radius 3 is 2.35 bits per heavy atom. The van der Waals surface area contributed by atoms with E-state index >= 15 is 0 Å². The zero-order valence-corrected chi connectivity index (χ0v) is 14.7. The summed E-state index contributed by atoms with van der Waals surface area (Å²) in [6.45, 7) is 2.31. The van der Waals surface area contributed by atoms with Gasteiger partial charge in [0.25, 0.3) is 0 Å². The van der Waals surface area contributed by atoms with E-state index < -0.39 is 17.8 Å². The molecule has 2 N–H and O–H groups in total. The van der Waals surface area contributed by atoms with Gasteiger partial charge in [0, 0.05) is 6.54 Å². The summed E-state index contributed by atoms with van der Waals surface area (Å²) in [5.74, 6) is -2.11. The first kappa shape index (κ1) is 19.2. The molecule has 0 saturated heterocycles. The zero-order chi connectivity index (χ0) is 18.8. The van der Waals surface area contributed by atoms with Crippen LogP contribution in [-0.2, 0) is 20.7 Å². The van der Waals surface area contributed by atoms with Crippen molar-refractivity contribution in [3.05, 3.63) is 65.7 Å². The highest BCUT2D eigenvalue weighted by atomic mass is 16.5. The van der Waals surface area contributed by atoms with Crippen LogP contribution in [0.15, 0.2) is 54.6 Å². The fourth-order valence-electron chi connectivity index (χ4n) is 2.38. The average molecular weight is 354 g/mol. The Hall–Kier alpha value is -3.15. The lowest BCUT2D eigenvalue weighted by atomic mass is 10.1. The molecule has 2 aromatic carbocycles. The number of hydrogen-bond donors (Lipinski definition) is 2. The van der Waals surface area contributed by atoms with Crippen LogP contribution in [0.5, 0.6) is 0 Å². The van der Waals surface area contributed by atoms with Crippen molar-refractivity contribution in [2.24, 2.45) is 0 Å². The van der Waals surface area contributed by atoms with Gasteiger partial charge < -0.3 is 15.4 Å². The van der Waals surface area contributed by atoms with Gasteiger partial charge in [-0.25, -0.2) is 4.79 Å². The van der Waals surface area contributed by atoms with E-state index in [-0.39, 0.29) is 17.9 Å². The number of anilines is 1. The van der Waals surface area contributed by atoms with Crippen molar-refractivity contribution in [1.29, 1.82) is 0 Å². The van der Waals surface area contributed by atoms with Crippen molar-refractivity contribution >= 4 is 23.5 Å². The predicted molar refractivity (Wildman–Crippen MR) is 98.8 cm³/mol. The van der Waals surface area contributed by atoms with E-state index in [0.29, 0.717) is 6.54 Å². The minimum atomic E-state index is -0.818. The first-order valence-corrected chi connectivity index (χ1v) is 8.51. The molecule has 0 spiro atoms. The highest BCUT2D eigenvalue weighted by molar-refractivity contribution is 6.40. The molecule has 0 aromatic heterocycles. The molecular formula is C20H22N2O4. The molecule has 0 atom stereocenters.